The van der Waals surface area contributed by atoms with E-state index in [2.05, 4.69) is 19.8 Å². The molecule has 0 radical (unpaired) electrons. The number of aryl methyl sites for hydroxylation is 1. The maximum atomic E-state index is 12.2. The number of piperidine rings is 1. The molecule has 3 rings (SSSR count). The lowest BCUT2D eigenvalue weighted by Gasteiger charge is -2.27. The first kappa shape index (κ1) is 16.7. The third-order valence-electron chi connectivity index (χ3n) is 4.09. The number of rotatable bonds is 6. The number of hydrogen-bond acceptors (Lipinski definition) is 5. The van der Waals surface area contributed by atoms with Gasteiger partial charge in [0, 0.05) is 13.1 Å². The number of sulfonamides is 1. The summed E-state index contributed by atoms with van der Waals surface area (Å²) >= 11 is 0. The molecule has 24 heavy (non-hydrogen) atoms. The van der Waals surface area contributed by atoms with E-state index in [0.717, 1.165) is 37.3 Å². The van der Waals surface area contributed by atoms with Gasteiger partial charge < -0.3 is 4.90 Å². The third kappa shape index (κ3) is 4.67. The summed E-state index contributed by atoms with van der Waals surface area (Å²) in [5, 5.41) is 8.17. The third-order valence-corrected chi connectivity index (χ3v) is 5.35. The second kappa shape index (κ2) is 7.61. The van der Waals surface area contributed by atoms with Crippen molar-refractivity contribution in [2.75, 3.05) is 28.5 Å². The molecule has 7 heteroatoms. The SMILES string of the molecule is O=S(=O)(CCc1ccccc1)Nc1ccc(N2CCCCC2)nn1. The van der Waals surface area contributed by atoms with Crippen LogP contribution in [0.2, 0.25) is 0 Å². The van der Waals surface area contributed by atoms with Gasteiger partial charge in [0.05, 0.1) is 5.75 Å². The van der Waals surface area contributed by atoms with Crippen LogP contribution < -0.4 is 9.62 Å². The number of nitrogens with one attached hydrogen (secondary N) is 1. The van der Waals surface area contributed by atoms with E-state index in [1.165, 1.54) is 6.42 Å². The maximum absolute atomic E-state index is 12.2. The number of hydrogen-bond donors (Lipinski definition) is 1. The normalized spacial score (nSPS) is 15.2. The minimum Gasteiger partial charge on any atom is -0.355 e. The van der Waals surface area contributed by atoms with E-state index in [1.807, 2.05) is 36.4 Å². The molecule has 1 aliphatic rings. The molecule has 2 heterocycles. The van der Waals surface area contributed by atoms with Gasteiger partial charge in [-0.2, -0.15) is 0 Å². The Labute approximate surface area is 143 Å². The van der Waals surface area contributed by atoms with E-state index in [0.29, 0.717) is 6.42 Å². The van der Waals surface area contributed by atoms with Gasteiger partial charge in [0.15, 0.2) is 11.6 Å². The van der Waals surface area contributed by atoms with Gasteiger partial charge >= 0.3 is 0 Å². The number of nitrogens with zero attached hydrogens (tertiary/aromatic N) is 3. The van der Waals surface area contributed by atoms with Crippen molar-refractivity contribution in [3.8, 4) is 0 Å². The summed E-state index contributed by atoms with van der Waals surface area (Å²) in [7, 11) is -3.44. The Bertz CT molecular complexity index is 742. The molecule has 0 amide bonds. The fourth-order valence-electron chi connectivity index (χ4n) is 2.78. The predicted molar refractivity (Wildman–Crippen MR) is 95.7 cm³/mol. The van der Waals surface area contributed by atoms with Crippen LogP contribution in [0.15, 0.2) is 42.5 Å². The Hall–Kier alpha value is -2.15. The quantitative estimate of drug-likeness (QED) is 0.869. The Morgan fingerprint density at radius 3 is 2.38 bits per heavy atom. The molecule has 6 nitrogen and oxygen atoms in total. The van der Waals surface area contributed by atoms with Gasteiger partial charge in [-0.3, -0.25) is 4.72 Å². The summed E-state index contributed by atoms with van der Waals surface area (Å²) in [4.78, 5) is 2.18. The van der Waals surface area contributed by atoms with Crippen LogP contribution in [0.3, 0.4) is 0 Å². The summed E-state index contributed by atoms with van der Waals surface area (Å²) in [6.07, 6.45) is 4.05. The lowest BCUT2D eigenvalue weighted by atomic mass is 10.1. The lowest BCUT2D eigenvalue weighted by molar-refractivity contribution is 0.571. The number of aromatic nitrogens is 2. The van der Waals surface area contributed by atoms with Crippen LogP contribution >= 0.6 is 0 Å². The summed E-state index contributed by atoms with van der Waals surface area (Å²) in [6.45, 7) is 1.97. The van der Waals surface area contributed by atoms with Gasteiger partial charge in [0.25, 0.3) is 0 Å². The van der Waals surface area contributed by atoms with Gasteiger partial charge in [0.2, 0.25) is 10.0 Å². The molecule has 0 atom stereocenters. The fraction of sp³-hybridized carbons (Fsp3) is 0.412. The van der Waals surface area contributed by atoms with E-state index >= 15 is 0 Å². The Morgan fingerprint density at radius 1 is 0.958 bits per heavy atom. The molecule has 0 spiro atoms. The second-order valence-electron chi connectivity index (χ2n) is 5.98. The van der Waals surface area contributed by atoms with Crippen molar-refractivity contribution >= 4 is 21.7 Å². The fourth-order valence-corrected chi connectivity index (χ4v) is 3.81. The zero-order valence-electron chi connectivity index (χ0n) is 13.6. The summed E-state index contributed by atoms with van der Waals surface area (Å²) in [5.74, 6) is 1.10. The van der Waals surface area contributed by atoms with Crippen LogP contribution in [0.5, 0.6) is 0 Å². The van der Waals surface area contributed by atoms with Crippen LogP contribution in [-0.2, 0) is 16.4 Å². The van der Waals surface area contributed by atoms with Crippen molar-refractivity contribution in [2.24, 2.45) is 0 Å². The summed E-state index contributed by atoms with van der Waals surface area (Å²) in [6, 6.07) is 13.1. The van der Waals surface area contributed by atoms with E-state index in [4.69, 9.17) is 0 Å². The van der Waals surface area contributed by atoms with Gasteiger partial charge in [-0.25, -0.2) is 8.42 Å². The van der Waals surface area contributed by atoms with Crippen molar-refractivity contribution in [1.82, 2.24) is 10.2 Å². The Balaban J connectivity index is 1.58. The van der Waals surface area contributed by atoms with Crippen molar-refractivity contribution in [2.45, 2.75) is 25.7 Å². The molecular formula is C17H22N4O2S. The lowest BCUT2D eigenvalue weighted by Crippen LogP contribution is -2.30. The standard InChI is InChI=1S/C17H22N4O2S/c22-24(23,14-11-15-7-3-1-4-8-15)20-16-9-10-17(19-18-16)21-12-5-2-6-13-21/h1,3-4,7-10H,2,5-6,11-14H2,(H,18,20). The minimum absolute atomic E-state index is 0.0204. The Kier molecular flexibility index (Phi) is 5.30. The first-order chi connectivity index (χ1) is 11.6. The molecule has 1 aliphatic heterocycles. The van der Waals surface area contributed by atoms with Crippen molar-refractivity contribution in [1.29, 1.82) is 0 Å². The second-order valence-corrected chi connectivity index (χ2v) is 7.82. The Morgan fingerprint density at radius 2 is 1.71 bits per heavy atom. The van der Waals surface area contributed by atoms with Crippen molar-refractivity contribution in [3.63, 3.8) is 0 Å². The predicted octanol–water partition coefficient (Wildman–Crippen LogP) is 2.45. The molecule has 0 unspecified atom stereocenters. The summed E-state index contributed by atoms with van der Waals surface area (Å²) < 4.78 is 26.8. The highest BCUT2D eigenvalue weighted by Crippen LogP contribution is 2.18. The van der Waals surface area contributed by atoms with Crippen LogP contribution in [-0.4, -0.2) is 37.5 Å². The monoisotopic (exact) mass is 346 g/mol. The highest BCUT2D eigenvalue weighted by Gasteiger charge is 2.15. The zero-order valence-corrected chi connectivity index (χ0v) is 14.4. The molecule has 1 aromatic carbocycles. The first-order valence-corrected chi connectivity index (χ1v) is 9.91. The van der Waals surface area contributed by atoms with Crippen molar-refractivity contribution in [3.05, 3.63) is 48.0 Å². The number of anilines is 2. The molecule has 1 aromatic heterocycles. The van der Waals surface area contributed by atoms with Crippen LogP contribution in [0, 0.1) is 0 Å². The van der Waals surface area contributed by atoms with Crippen LogP contribution in [0.25, 0.3) is 0 Å². The van der Waals surface area contributed by atoms with Gasteiger partial charge in [-0.15, -0.1) is 10.2 Å². The molecule has 1 fully saturated rings. The molecule has 2 aromatic rings. The maximum Gasteiger partial charge on any atom is 0.234 e. The molecule has 0 saturated carbocycles. The van der Waals surface area contributed by atoms with E-state index in [-0.39, 0.29) is 11.6 Å². The molecule has 0 aliphatic carbocycles. The van der Waals surface area contributed by atoms with Gasteiger partial charge in [-0.05, 0) is 43.4 Å². The first-order valence-electron chi connectivity index (χ1n) is 8.25. The minimum atomic E-state index is -3.44. The summed E-state index contributed by atoms with van der Waals surface area (Å²) in [5.41, 5.74) is 0.995. The largest absolute Gasteiger partial charge is 0.355 e. The van der Waals surface area contributed by atoms with E-state index < -0.39 is 10.0 Å². The highest BCUT2D eigenvalue weighted by atomic mass is 32.2. The zero-order chi connectivity index (χ0) is 16.8. The number of benzene rings is 1. The van der Waals surface area contributed by atoms with E-state index in [1.54, 1.807) is 6.07 Å². The highest BCUT2D eigenvalue weighted by molar-refractivity contribution is 7.92. The van der Waals surface area contributed by atoms with Gasteiger partial charge in [0.1, 0.15) is 0 Å². The average molecular weight is 346 g/mol. The smallest absolute Gasteiger partial charge is 0.234 e. The molecule has 1 N–H and O–H groups in total. The molecule has 0 bridgehead atoms. The van der Waals surface area contributed by atoms with Crippen molar-refractivity contribution < 1.29 is 8.42 Å². The topological polar surface area (TPSA) is 75.2 Å². The van der Waals surface area contributed by atoms with Gasteiger partial charge in [-0.1, -0.05) is 30.3 Å². The molecular weight excluding hydrogens is 324 g/mol. The van der Waals surface area contributed by atoms with Crippen LogP contribution in [0.1, 0.15) is 24.8 Å². The average Bonchev–Trinajstić information content (AvgIpc) is 2.62. The van der Waals surface area contributed by atoms with E-state index in [9.17, 15) is 8.42 Å². The molecule has 128 valence electrons. The van der Waals surface area contributed by atoms with Crippen LogP contribution in [0.4, 0.5) is 11.6 Å². The molecule has 1 saturated heterocycles.